The maximum Gasteiger partial charge on any atom is 0.0626 e. The molecule has 2 aliphatic carbocycles. The lowest BCUT2D eigenvalue weighted by molar-refractivity contribution is -0.0253. The van der Waals surface area contributed by atoms with Crippen LogP contribution in [-0.4, -0.2) is 22.4 Å². The third kappa shape index (κ3) is 2.07. The molecule has 0 aromatic rings. The standard InChI is InChI=1S/C13H24O2/c1-8(2)10-5-3-4-9-6-7-11(14)12(9)13(10)15/h8-15H,3-7H2,1-2H3. The summed E-state index contributed by atoms with van der Waals surface area (Å²) in [6, 6.07) is 0. The summed E-state index contributed by atoms with van der Waals surface area (Å²) in [6.07, 6.45) is 5.08. The lowest BCUT2D eigenvalue weighted by atomic mass is 9.79. The van der Waals surface area contributed by atoms with Crippen LogP contribution in [0.25, 0.3) is 0 Å². The first kappa shape index (κ1) is 11.4. The van der Waals surface area contributed by atoms with Crippen molar-refractivity contribution >= 4 is 0 Å². The molecule has 0 saturated heterocycles. The highest BCUT2D eigenvalue weighted by Crippen LogP contribution is 2.44. The number of aliphatic hydroxyl groups is 2. The van der Waals surface area contributed by atoms with Crippen LogP contribution < -0.4 is 0 Å². The normalized spacial score (nSPS) is 46.6. The van der Waals surface area contributed by atoms with Crippen LogP contribution in [0.1, 0.15) is 46.0 Å². The zero-order valence-electron chi connectivity index (χ0n) is 9.89. The van der Waals surface area contributed by atoms with Crippen molar-refractivity contribution in [2.24, 2.45) is 23.7 Å². The molecule has 0 aromatic carbocycles. The molecule has 0 radical (unpaired) electrons. The first-order valence-electron chi connectivity index (χ1n) is 6.47. The van der Waals surface area contributed by atoms with Gasteiger partial charge in [0.25, 0.3) is 0 Å². The fraction of sp³-hybridized carbons (Fsp3) is 1.00. The van der Waals surface area contributed by atoms with Gasteiger partial charge in [-0.15, -0.1) is 0 Å². The average molecular weight is 212 g/mol. The second kappa shape index (κ2) is 4.42. The summed E-state index contributed by atoms with van der Waals surface area (Å²) in [5, 5.41) is 20.4. The van der Waals surface area contributed by atoms with Gasteiger partial charge in [0.2, 0.25) is 0 Å². The SMILES string of the molecule is CC(C)C1CCCC2CCC(O)C2C1O. The van der Waals surface area contributed by atoms with Gasteiger partial charge in [-0.25, -0.2) is 0 Å². The van der Waals surface area contributed by atoms with Crippen LogP contribution in [0, 0.1) is 23.7 Å². The third-order valence-electron chi connectivity index (χ3n) is 4.62. The second-order valence-electron chi connectivity index (χ2n) is 5.81. The largest absolute Gasteiger partial charge is 0.393 e. The molecule has 15 heavy (non-hydrogen) atoms. The molecule has 5 unspecified atom stereocenters. The molecule has 88 valence electrons. The fourth-order valence-corrected chi connectivity index (χ4v) is 3.73. The molecule has 2 nitrogen and oxygen atoms in total. The summed E-state index contributed by atoms with van der Waals surface area (Å²) in [5.74, 6) is 1.68. The van der Waals surface area contributed by atoms with Crippen LogP contribution >= 0.6 is 0 Å². The molecule has 0 aromatic heterocycles. The monoisotopic (exact) mass is 212 g/mol. The third-order valence-corrected chi connectivity index (χ3v) is 4.62. The van der Waals surface area contributed by atoms with E-state index in [4.69, 9.17) is 0 Å². The summed E-state index contributed by atoms with van der Waals surface area (Å²) in [5.41, 5.74) is 0. The van der Waals surface area contributed by atoms with Gasteiger partial charge >= 0.3 is 0 Å². The Balaban J connectivity index is 2.14. The molecule has 2 saturated carbocycles. The Morgan fingerprint density at radius 3 is 2.40 bits per heavy atom. The minimum atomic E-state index is -0.269. The Morgan fingerprint density at radius 2 is 1.73 bits per heavy atom. The maximum absolute atomic E-state index is 10.4. The highest BCUT2D eigenvalue weighted by Gasteiger charge is 2.44. The molecule has 0 heterocycles. The zero-order valence-corrected chi connectivity index (χ0v) is 9.89. The lowest BCUT2D eigenvalue weighted by Gasteiger charge is -2.31. The van der Waals surface area contributed by atoms with Crippen molar-refractivity contribution in [2.45, 2.75) is 58.2 Å². The minimum Gasteiger partial charge on any atom is -0.393 e. The molecule has 2 heteroatoms. The smallest absolute Gasteiger partial charge is 0.0626 e. The Morgan fingerprint density at radius 1 is 1.00 bits per heavy atom. The van der Waals surface area contributed by atoms with E-state index in [1.807, 2.05) is 0 Å². The van der Waals surface area contributed by atoms with Crippen LogP contribution in [-0.2, 0) is 0 Å². The first-order chi connectivity index (χ1) is 7.11. The van der Waals surface area contributed by atoms with Gasteiger partial charge in [-0.1, -0.05) is 20.3 Å². The zero-order chi connectivity index (χ0) is 11.0. The van der Waals surface area contributed by atoms with Gasteiger partial charge in [-0.3, -0.25) is 0 Å². The molecule has 0 bridgehead atoms. The summed E-state index contributed by atoms with van der Waals surface area (Å²) in [6.45, 7) is 4.38. The molecular formula is C13H24O2. The first-order valence-corrected chi connectivity index (χ1v) is 6.47. The summed E-state index contributed by atoms with van der Waals surface area (Å²) in [7, 11) is 0. The highest BCUT2D eigenvalue weighted by molar-refractivity contribution is 4.94. The van der Waals surface area contributed by atoms with Crippen LogP contribution in [0.5, 0.6) is 0 Å². The Hall–Kier alpha value is -0.0800. The van der Waals surface area contributed by atoms with E-state index in [1.54, 1.807) is 0 Å². The number of rotatable bonds is 1. The van der Waals surface area contributed by atoms with Crippen molar-refractivity contribution < 1.29 is 10.2 Å². The molecule has 2 fully saturated rings. The van der Waals surface area contributed by atoms with E-state index in [0.717, 1.165) is 19.3 Å². The lowest BCUT2D eigenvalue weighted by Crippen LogP contribution is -2.37. The molecule has 2 aliphatic rings. The molecule has 0 amide bonds. The summed E-state index contributed by atoms with van der Waals surface area (Å²) < 4.78 is 0. The number of fused-ring (bicyclic) bond motifs is 1. The van der Waals surface area contributed by atoms with E-state index in [2.05, 4.69) is 13.8 Å². The van der Waals surface area contributed by atoms with Crippen LogP contribution in [0.4, 0.5) is 0 Å². The maximum atomic E-state index is 10.4. The highest BCUT2D eigenvalue weighted by atomic mass is 16.3. The Bertz CT molecular complexity index is 215. The van der Waals surface area contributed by atoms with Gasteiger partial charge in [0, 0.05) is 5.92 Å². The number of hydrogen-bond donors (Lipinski definition) is 2. The van der Waals surface area contributed by atoms with Gasteiger partial charge in [-0.05, 0) is 43.4 Å². The molecular weight excluding hydrogens is 188 g/mol. The topological polar surface area (TPSA) is 40.5 Å². The average Bonchev–Trinajstić information content (AvgIpc) is 2.43. The van der Waals surface area contributed by atoms with E-state index in [9.17, 15) is 10.2 Å². The predicted molar refractivity (Wildman–Crippen MR) is 60.4 cm³/mol. The Labute approximate surface area is 92.7 Å². The van der Waals surface area contributed by atoms with Crippen molar-refractivity contribution in [3.05, 3.63) is 0 Å². The predicted octanol–water partition coefficient (Wildman–Crippen LogP) is 2.19. The molecule has 0 spiro atoms. The number of aliphatic hydroxyl groups excluding tert-OH is 2. The summed E-state index contributed by atoms with van der Waals surface area (Å²) >= 11 is 0. The molecule has 2 rings (SSSR count). The Kier molecular flexibility index (Phi) is 3.36. The van der Waals surface area contributed by atoms with Gasteiger partial charge in [0.1, 0.15) is 0 Å². The van der Waals surface area contributed by atoms with Crippen molar-refractivity contribution in [2.75, 3.05) is 0 Å². The van der Waals surface area contributed by atoms with E-state index in [0.29, 0.717) is 17.8 Å². The van der Waals surface area contributed by atoms with Gasteiger partial charge in [0.15, 0.2) is 0 Å². The van der Waals surface area contributed by atoms with E-state index >= 15 is 0 Å². The van der Waals surface area contributed by atoms with Crippen molar-refractivity contribution in [3.8, 4) is 0 Å². The van der Waals surface area contributed by atoms with E-state index < -0.39 is 0 Å². The van der Waals surface area contributed by atoms with Crippen LogP contribution in [0.2, 0.25) is 0 Å². The summed E-state index contributed by atoms with van der Waals surface area (Å²) in [4.78, 5) is 0. The van der Waals surface area contributed by atoms with E-state index in [-0.39, 0.29) is 18.1 Å². The van der Waals surface area contributed by atoms with Crippen molar-refractivity contribution in [1.82, 2.24) is 0 Å². The van der Waals surface area contributed by atoms with E-state index in [1.165, 1.54) is 12.8 Å². The minimum absolute atomic E-state index is 0.167. The fourth-order valence-electron chi connectivity index (χ4n) is 3.73. The molecule has 5 atom stereocenters. The second-order valence-corrected chi connectivity index (χ2v) is 5.81. The van der Waals surface area contributed by atoms with Crippen molar-refractivity contribution in [1.29, 1.82) is 0 Å². The van der Waals surface area contributed by atoms with Crippen LogP contribution in [0.3, 0.4) is 0 Å². The van der Waals surface area contributed by atoms with Gasteiger partial charge in [0.05, 0.1) is 12.2 Å². The van der Waals surface area contributed by atoms with Gasteiger partial charge in [-0.2, -0.15) is 0 Å². The molecule has 0 aliphatic heterocycles. The van der Waals surface area contributed by atoms with Crippen molar-refractivity contribution in [3.63, 3.8) is 0 Å². The molecule has 2 N–H and O–H groups in total. The number of hydrogen-bond acceptors (Lipinski definition) is 2. The van der Waals surface area contributed by atoms with Gasteiger partial charge < -0.3 is 10.2 Å². The van der Waals surface area contributed by atoms with Crippen LogP contribution in [0.15, 0.2) is 0 Å². The quantitative estimate of drug-likeness (QED) is 0.699.